The average molecular weight is 1050 g/mol. The molecule has 3 aromatic rings. The van der Waals surface area contributed by atoms with Crippen molar-refractivity contribution in [1.29, 1.82) is 0 Å². The van der Waals surface area contributed by atoms with Gasteiger partial charge in [0, 0.05) is 12.5 Å². The van der Waals surface area contributed by atoms with E-state index in [0.717, 1.165) is 16.7 Å². The van der Waals surface area contributed by atoms with Gasteiger partial charge in [-0.05, 0) is 48.3 Å². The number of rotatable bonds is 22. The Morgan fingerprint density at radius 2 is 1.07 bits per heavy atom. The molecule has 16 atom stereocenters. The summed E-state index contributed by atoms with van der Waals surface area (Å²) < 4.78 is 54.7. The second kappa shape index (κ2) is 28.3. The van der Waals surface area contributed by atoms with Gasteiger partial charge in [-0.15, -0.1) is 0 Å². The molecule has 0 bridgehead atoms. The van der Waals surface area contributed by atoms with Crippen LogP contribution in [-0.2, 0) is 67.2 Å². The lowest BCUT2D eigenvalue weighted by Crippen LogP contribution is -2.63. The summed E-state index contributed by atoms with van der Waals surface area (Å²) >= 11 is 0. The molecule has 4 aliphatic rings. The van der Waals surface area contributed by atoms with E-state index in [9.17, 15) is 34.5 Å². The van der Waals surface area contributed by atoms with E-state index in [-0.39, 0.29) is 39.2 Å². The normalized spacial score (nSPS) is 30.6. The third kappa shape index (κ3) is 16.3. The van der Waals surface area contributed by atoms with Crippen LogP contribution in [0.4, 0.5) is 14.4 Å². The smallest absolute Gasteiger partial charge is 0.408 e. The first-order chi connectivity index (χ1) is 36.3. The minimum Gasteiger partial charge on any atom is -0.445 e. The van der Waals surface area contributed by atoms with Crippen LogP contribution in [0.3, 0.4) is 0 Å². The van der Waals surface area contributed by atoms with E-state index in [1.165, 1.54) is 0 Å². The minimum atomic E-state index is -1.61. The zero-order chi connectivity index (χ0) is 53.3. The summed E-state index contributed by atoms with van der Waals surface area (Å²) in [5.74, 6) is -1.51. The van der Waals surface area contributed by atoms with Crippen LogP contribution < -0.4 is 21.3 Å². The van der Waals surface area contributed by atoms with Crippen molar-refractivity contribution < 1.29 is 77.1 Å². The summed E-state index contributed by atoms with van der Waals surface area (Å²) in [6, 6.07) is 24.9. The fraction of sp³-hybridized carbons (Fsp3) is 0.527. The maximum Gasteiger partial charge on any atom is 0.408 e. The number of ether oxygens (including phenoxy) is 9. The molecule has 3 heterocycles. The van der Waals surface area contributed by atoms with Crippen molar-refractivity contribution in [2.24, 2.45) is 11.8 Å². The first-order valence-electron chi connectivity index (χ1n) is 25.8. The monoisotopic (exact) mass is 1040 g/mol. The molecule has 4 amide bonds. The first-order valence-corrected chi connectivity index (χ1v) is 25.8. The lowest BCUT2D eigenvalue weighted by molar-refractivity contribution is -0.287. The van der Waals surface area contributed by atoms with Gasteiger partial charge >= 0.3 is 18.3 Å². The second-order valence-corrected chi connectivity index (χ2v) is 19.2. The van der Waals surface area contributed by atoms with Crippen LogP contribution in [-0.4, -0.2) is 138 Å². The maximum absolute atomic E-state index is 13.8. The molecule has 408 valence electrons. The molecule has 75 heavy (non-hydrogen) atoms. The van der Waals surface area contributed by atoms with Crippen molar-refractivity contribution in [2.75, 3.05) is 13.2 Å². The first kappa shape index (κ1) is 56.8. The molecule has 0 spiro atoms. The van der Waals surface area contributed by atoms with E-state index >= 15 is 0 Å². The molecular formula is C55H72N4O16. The number of amides is 4. The third-order valence-corrected chi connectivity index (χ3v) is 13.5. The van der Waals surface area contributed by atoms with Crippen LogP contribution in [0.5, 0.6) is 0 Å². The van der Waals surface area contributed by atoms with Crippen LogP contribution in [0.2, 0.25) is 0 Å². The molecule has 3 aromatic carbocycles. The van der Waals surface area contributed by atoms with E-state index < -0.39 is 128 Å². The Bertz CT molecular complexity index is 2310. The SMILES string of the molecule is CC[C@H]1C=C[C@@H](NC(=O)OCc2ccccc2)[C@@H](O[C@H]2[C@@H](O)[C@H](O[C@@H]3[C@@H](O)[C@H](NC(=O)[C@@H](C)CCNC(=O)OCc4ccccc4)C[C@H](C)[C@H]3O[C@H]3O[C@H](CC)C=C[C@H]3NC(=O)OCc3ccccc3)O[C@@H]2CO)O1. The van der Waals surface area contributed by atoms with Gasteiger partial charge in [0.15, 0.2) is 18.9 Å². The Morgan fingerprint density at radius 3 is 1.55 bits per heavy atom. The summed E-state index contributed by atoms with van der Waals surface area (Å²) in [4.78, 5) is 52.4. The number of carbonyl (C=O) groups is 4. The van der Waals surface area contributed by atoms with Gasteiger partial charge in [0.25, 0.3) is 0 Å². The van der Waals surface area contributed by atoms with Gasteiger partial charge < -0.3 is 79.2 Å². The zero-order valence-electron chi connectivity index (χ0n) is 42.7. The Morgan fingerprint density at radius 1 is 0.600 bits per heavy atom. The van der Waals surface area contributed by atoms with Gasteiger partial charge in [0.05, 0.1) is 31.0 Å². The lowest BCUT2D eigenvalue weighted by atomic mass is 9.79. The van der Waals surface area contributed by atoms with Gasteiger partial charge in [-0.2, -0.15) is 0 Å². The number of benzene rings is 3. The topological polar surface area (TPSA) is 260 Å². The third-order valence-electron chi connectivity index (χ3n) is 13.5. The van der Waals surface area contributed by atoms with Gasteiger partial charge in [-0.1, -0.05) is 143 Å². The highest BCUT2D eigenvalue weighted by Gasteiger charge is 2.53. The molecule has 0 unspecified atom stereocenters. The molecule has 0 radical (unpaired) electrons. The summed E-state index contributed by atoms with van der Waals surface area (Å²) in [6.07, 6.45) is -6.10. The molecule has 1 saturated carbocycles. The highest BCUT2D eigenvalue weighted by molar-refractivity contribution is 5.78. The predicted molar refractivity (Wildman–Crippen MR) is 270 cm³/mol. The summed E-state index contributed by atoms with van der Waals surface area (Å²) in [7, 11) is 0. The highest BCUT2D eigenvalue weighted by Crippen LogP contribution is 2.37. The van der Waals surface area contributed by atoms with Crippen molar-refractivity contribution in [3.05, 3.63) is 132 Å². The Labute approximate surface area is 437 Å². The van der Waals surface area contributed by atoms with E-state index in [1.807, 2.05) is 118 Å². The van der Waals surface area contributed by atoms with Gasteiger partial charge in [0.2, 0.25) is 5.91 Å². The molecule has 0 aromatic heterocycles. The van der Waals surface area contributed by atoms with Gasteiger partial charge in [-0.25, -0.2) is 14.4 Å². The van der Waals surface area contributed by atoms with E-state index in [1.54, 1.807) is 25.2 Å². The van der Waals surface area contributed by atoms with Crippen molar-refractivity contribution in [1.82, 2.24) is 21.3 Å². The summed E-state index contributed by atoms with van der Waals surface area (Å²) in [5.41, 5.74) is 2.40. The number of aliphatic hydroxyl groups excluding tert-OH is 3. The van der Waals surface area contributed by atoms with Crippen LogP contribution in [0, 0.1) is 11.8 Å². The number of carbonyl (C=O) groups excluding carboxylic acids is 4. The van der Waals surface area contributed by atoms with Gasteiger partial charge in [-0.3, -0.25) is 4.79 Å². The average Bonchev–Trinajstić information content (AvgIpc) is 3.73. The standard InChI is InChI=1S/C55H72N4O16/c1-5-38-22-24-40(58-54(65)68-31-36-18-12-8-13-19-36)50(70-38)73-46-34(4)28-42(57-49(63)33(3)26-27-56-53(64)67-30-35-16-10-7-11-17-35)44(61)48(46)75-52-45(62)47(43(29-60)72-52)74-51-41(25-23-39(6-2)71-51)59-55(66)69-32-37-20-14-9-15-21-37/h7-25,33-34,38-48,50-52,60-62H,5-6,26-32H2,1-4H3,(H,56,64)(H,57,63)(H,58,65)(H,59,66)/t33-,34-,38+,39-,40+,41+,42+,43+,44-,45+,46+,47+,48+,50+,51+,52-/m0/s1. The van der Waals surface area contributed by atoms with Crippen molar-refractivity contribution in [3.63, 3.8) is 0 Å². The van der Waals surface area contributed by atoms with Crippen molar-refractivity contribution in [3.8, 4) is 0 Å². The van der Waals surface area contributed by atoms with Crippen LogP contribution >= 0.6 is 0 Å². The van der Waals surface area contributed by atoms with Crippen LogP contribution in [0.25, 0.3) is 0 Å². The zero-order valence-corrected chi connectivity index (χ0v) is 42.7. The lowest BCUT2D eigenvalue weighted by Gasteiger charge is -2.46. The minimum absolute atomic E-state index is 0.0143. The molecule has 2 fully saturated rings. The Balaban J connectivity index is 1.05. The fourth-order valence-electron chi connectivity index (χ4n) is 9.16. The number of hydrogen-bond acceptors (Lipinski definition) is 16. The molecule has 7 N–H and O–H groups in total. The Kier molecular flexibility index (Phi) is 21.4. The number of nitrogens with one attached hydrogen (secondary N) is 4. The van der Waals surface area contributed by atoms with Gasteiger partial charge in [0.1, 0.15) is 62.4 Å². The second-order valence-electron chi connectivity index (χ2n) is 19.2. The Hall–Kier alpha value is -5.94. The molecule has 20 nitrogen and oxygen atoms in total. The van der Waals surface area contributed by atoms with Crippen LogP contribution in [0.15, 0.2) is 115 Å². The predicted octanol–water partition coefficient (Wildman–Crippen LogP) is 5.03. The van der Waals surface area contributed by atoms with E-state index in [2.05, 4.69) is 21.3 Å². The van der Waals surface area contributed by atoms with E-state index in [4.69, 9.17) is 42.6 Å². The molecule has 1 saturated heterocycles. The summed E-state index contributed by atoms with van der Waals surface area (Å²) in [6.45, 7) is 7.00. The largest absolute Gasteiger partial charge is 0.445 e. The number of aliphatic hydroxyl groups is 3. The fourth-order valence-corrected chi connectivity index (χ4v) is 9.16. The highest BCUT2D eigenvalue weighted by atomic mass is 16.8. The molecule has 7 rings (SSSR count). The quantitative estimate of drug-likeness (QED) is 0.0514. The maximum atomic E-state index is 13.8. The molecular weight excluding hydrogens is 973 g/mol. The number of hydrogen-bond donors (Lipinski definition) is 7. The van der Waals surface area contributed by atoms with Crippen molar-refractivity contribution in [2.45, 2.75) is 159 Å². The number of alkyl carbamates (subject to hydrolysis) is 3. The van der Waals surface area contributed by atoms with Crippen LogP contribution in [0.1, 0.15) is 70.1 Å². The summed E-state index contributed by atoms with van der Waals surface area (Å²) in [5, 5.41) is 46.2. The van der Waals surface area contributed by atoms with Crippen molar-refractivity contribution >= 4 is 24.2 Å². The molecule has 3 aliphatic heterocycles. The molecule has 1 aliphatic carbocycles. The molecule has 20 heteroatoms. The van der Waals surface area contributed by atoms with E-state index in [0.29, 0.717) is 12.8 Å².